The average Bonchev–Trinajstić information content (AvgIpc) is 2.47. The minimum Gasteiger partial charge on any atom is -0.368 e. The first-order chi connectivity index (χ1) is 6.16. The number of nitrogens with zero attached hydrogens (tertiary/aromatic N) is 2. The van der Waals surface area contributed by atoms with Crippen LogP contribution in [0, 0.1) is 0 Å². The number of carbonyl (C=O) groups excluding carboxylic acids is 1. The summed E-state index contributed by atoms with van der Waals surface area (Å²) in [6.45, 7) is 2.62. The van der Waals surface area contributed by atoms with E-state index in [-0.39, 0.29) is 5.91 Å². The number of aromatic nitrogens is 2. The Hall–Kier alpha value is -1.36. The highest BCUT2D eigenvalue weighted by Crippen LogP contribution is 2.09. The number of carbonyl (C=O) groups is 1. The van der Waals surface area contributed by atoms with Gasteiger partial charge >= 0.3 is 0 Å². The van der Waals surface area contributed by atoms with E-state index in [9.17, 15) is 4.79 Å². The summed E-state index contributed by atoms with van der Waals surface area (Å²) in [5, 5.41) is 2.99. The predicted octanol–water partition coefficient (Wildman–Crippen LogP) is -0.444. The Labute approximate surface area is 76.9 Å². The molecular formula is C8H14N4O. The number of rotatable bonds is 4. The minimum atomic E-state index is -0.447. The molecule has 0 aliphatic heterocycles. The first kappa shape index (κ1) is 9.73. The maximum absolute atomic E-state index is 11.1. The zero-order chi connectivity index (χ0) is 9.84. The van der Waals surface area contributed by atoms with E-state index < -0.39 is 6.04 Å². The van der Waals surface area contributed by atoms with E-state index in [4.69, 9.17) is 5.73 Å². The van der Waals surface area contributed by atoms with Gasteiger partial charge in [0.25, 0.3) is 0 Å². The van der Waals surface area contributed by atoms with Crippen LogP contribution in [0.15, 0.2) is 12.5 Å². The highest BCUT2D eigenvalue weighted by Gasteiger charge is 2.18. The fourth-order valence-electron chi connectivity index (χ4n) is 1.20. The van der Waals surface area contributed by atoms with Crippen LogP contribution in [0.5, 0.6) is 0 Å². The zero-order valence-corrected chi connectivity index (χ0v) is 7.82. The summed E-state index contributed by atoms with van der Waals surface area (Å²) in [5.74, 6) is -0.384. The highest BCUT2D eigenvalue weighted by atomic mass is 16.1. The number of amides is 1. The summed E-state index contributed by atoms with van der Waals surface area (Å²) in [6.07, 6.45) is 3.28. The van der Waals surface area contributed by atoms with Crippen LogP contribution < -0.4 is 11.1 Å². The fourth-order valence-corrected chi connectivity index (χ4v) is 1.20. The second-order valence-electron chi connectivity index (χ2n) is 2.82. The summed E-state index contributed by atoms with van der Waals surface area (Å²) in [7, 11) is 1.83. The lowest BCUT2D eigenvalue weighted by Crippen LogP contribution is -2.34. The number of hydrogen-bond donors (Lipinski definition) is 2. The van der Waals surface area contributed by atoms with Crippen LogP contribution >= 0.6 is 0 Å². The smallest absolute Gasteiger partial charge is 0.240 e. The van der Waals surface area contributed by atoms with Crippen molar-refractivity contribution in [3.05, 3.63) is 18.2 Å². The van der Waals surface area contributed by atoms with Crippen LogP contribution in [0.4, 0.5) is 0 Å². The molecule has 3 N–H and O–H groups in total. The average molecular weight is 182 g/mol. The van der Waals surface area contributed by atoms with E-state index in [0.29, 0.717) is 6.54 Å². The molecule has 1 aromatic rings. The highest BCUT2D eigenvalue weighted by molar-refractivity contribution is 5.80. The second kappa shape index (κ2) is 4.04. The molecule has 1 atom stereocenters. The van der Waals surface area contributed by atoms with E-state index in [0.717, 1.165) is 5.69 Å². The molecule has 0 bridgehead atoms. The molecule has 1 rings (SSSR count). The SMILES string of the molecule is CCNC(C(N)=O)c1cncn1C. The van der Waals surface area contributed by atoms with E-state index in [1.54, 1.807) is 17.1 Å². The van der Waals surface area contributed by atoms with Crippen molar-refractivity contribution in [2.75, 3.05) is 6.54 Å². The summed E-state index contributed by atoms with van der Waals surface area (Å²) < 4.78 is 1.78. The number of aryl methyl sites for hydroxylation is 1. The van der Waals surface area contributed by atoms with Crippen molar-refractivity contribution in [1.82, 2.24) is 14.9 Å². The van der Waals surface area contributed by atoms with E-state index in [1.807, 2.05) is 14.0 Å². The quantitative estimate of drug-likeness (QED) is 0.662. The Morgan fingerprint density at radius 1 is 1.85 bits per heavy atom. The fraction of sp³-hybridized carbons (Fsp3) is 0.500. The molecule has 1 heterocycles. The van der Waals surface area contributed by atoms with Gasteiger partial charge in [-0.3, -0.25) is 4.79 Å². The van der Waals surface area contributed by atoms with Gasteiger partial charge in [-0.25, -0.2) is 4.98 Å². The summed E-state index contributed by atoms with van der Waals surface area (Å²) >= 11 is 0. The number of nitrogens with one attached hydrogen (secondary N) is 1. The monoisotopic (exact) mass is 182 g/mol. The third-order valence-corrected chi connectivity index (χ3v) is 1.84. The molecule has 0 aromatic carbocycles. The standard InChI is InChI=1S/C8H14N4O/c1-3-11-7(8(9)13)6-4-10-5-12(6)2/h4-5,7,11H,3H2,1-2H3,(H2,9,13). The lowest BCUT2D eigenvalue weighted by atomic mass is 10.2. The number of imidazole rings is 1. The van der Waals surface area contributed by atoms with Gasteiger partial charge in [0.1, 0.15) is 6.04 Å². The molecule has 0 saturated carbocycles. The van der Waals surface area contributed by atoms with Crippen LogP contribution in [0.3, 0.4) is 0 Å². The van der Waals surface area contributed by atoms with Gasteiger partial charge in [0.2, 0.25) is 5.91 Å². The second-order valence-corrected chi connectivity index (χ2v) is 2.82. The van der Waals surface area contributed by atoms with Crippen LogP contribution in [0.25, 0.3) is 0 Å². The van der Waals surface area contributed by atoms with Gasteiger partial charge in [-0.15, -0.1) is 0 Å². The third kappa shape index (κ3) is 2.06. The van der Waals surface area contributed by atoms with Gasteiger partial charge in [0, 0.05) is 7.05 Å². The molecule has 5 heteroatoms. The summed E-state index contributed by atoms with van der Waals surface area (Å²) in [6, 6.07) is -0.447. The van der Waals surface area contributed by atoms with E-state index in [2.05, 4.69) is 10.3 Å². The normalized spacial score (nSPS) is 12.8. The van der Waals surface area contributed by atoms with Crippen LogP contribution in [-0.4, -0.2) is 22.0 Å². The molecule has 0 aliphatic rings. The first-order valence-electron chi connectivity index (χ1n) is 4.15. The summed E-state index contributed by atoms with van der Waals surface area (Å²) in [4.78, 5) is 15.0. The van der Waals surface area contributed by atoms with Crippen molar-refractivity contribution in [2.24, 2.45) is 12.8 Å². The number of nitrogens with two attached hydrogens (primary N) is 1. The van der Waals surface area contributed by atoms with E-state index >= 15 is 0 Å². The zero-order valence-electron chi connectivity index (χ0n) is 7.82. The van der Waals surface area contributed by atoms with Crippen LogP contribution in [-0.2, 0) is 11.8 Å². The van der Waals surface area contributed by atoms with Gasteiger partial charge in [0.05, 0.1) is 18.2 Å². The van der Waals surface area contributed by atoms with Gasteiger partial charge in [-0.05, 0) is 6.54 Å². The molecule has 13 heavy (non-hydrogen) atoms. The molecule has 1 amide bonds. The van der Waals surface area contributed by atoms with Gasteiger partial charge in [-0.2, -0.15) is 0 Å². The molecule has 0 spiro atoms. The summed E-state index contributed by atoms with van der Waals surface area (Å²) in [5.41, 5.74) is 6.03. The van der Waals surface area contributed by atoms with Crippen molar-refractivity contribution in [1.29, 1.82) is 0 Å². The first-order valence-corrected chi connectivity index (χ1v) is 4.15. The van der Waals surface area contributed by atoms with Crippen LogP contribution in [0.2, 0.25) is 0 Å². The van der Waals surface area contributed by atoms with Crippen molar-refractivity contribution in [3.63, 3.8) is 0 Å². The van der Waals surface area contributed by atoms with Crippen molar-refractivity contribution in [3.8, 4) is 0 Å². The number of likely N-dealkylation sites (N-methyl/N-ethyl adjacent to an activating group) is 1. The number of primary amides is 1. The maximum atomic E-state index is 11.1. The molecular weight excluding hydrogens is 168 g/mol. The van der Waals surface area contributed by atoms with Crippen molar-refractivity contribution in [2.45, 2.75) is 13.0 Å². The molecule has 5 nitrogen and oxygen atoms in total. The minimum absolute atomic E-state index is 0.384. The van der Waals surface area contributed by atoms with Gasteiger partial charge in [-0.1, -0.05) is 6.92 Å². The molecule has 0 radical (unpaired) electrons. The molecule has 0 saturated heterocycles. The molecule has 1 aromatic heterocycles. The van der Waals surface area contributed by atoms with Gasteiger partial charge in [0.15, 0.2) is 0 Å². The van der Waals surface area contributed by atoms with E-state index in [1.165, 1.54) is 0 Å². The Morgan fingerprint density at radius 3 is 2.92 bits per heavy atom. The third-order valence-electron chi connectivity index (χ3n) is 1.84. The van der Waals surface area contributed by atoms with Crippen molar-refractivity contribution >= 4 is 5.91 Å². The lowest BCUT2D eigenvalue weighted by molar-refractivity contribution is -0.120. The Balaban J connectivity index is 2.88. The maximum Gasteiger partial charge on any atom is 0.240 e. The Bertz CT molecular complexity index is 294. The number of hydrogen-bond acceptors (Lipinski definition) is 3. The Morgan fingerprint density at radius 2 is 2.54 bits per heavy atom. The molecule has 72 valence electrons. The Kier molecular flexibility index (Phi) is 3.02. The topological polar surface area (TPSA) is 72.9 Å². The molecule has 1 unspecified atom stereocenters. The lowest BCUT2D eigenvalue weighted by Gasteiger charge is -2.13. The molecule has 0 aliphatic carbocycles. The van der Waals surface area contributed by atoms with Gasteiger partial charge < -0.3 is 15.6 Å². The van der Waals surface area contributed by atoms with Crippen molar-refractivity contribution < 1.29 is 4.79 Å². The largest absolute Gasteiger partial charge is 0.368 e. The molecule has 0 fully saturated rings. The van der Waals surface area contributed by atoms with Crippen LogP contribution in [0.1, 0.15) is 18.7 Å². The predicted molar refractivity (Wildman–Crippen MR) is 48.8 cm³/mol.